The van der Waals surface area contributed by atoms with Crippen molar-refractivity contribution < 1.29 is 26.4 Å². The number of ketones is 1. The molecule has 3 aliphatic rings. The highest BCUT2D eigenvalue weighted by Crippen LogP contribution is 2.45. The maximum absolute atomic E-state index is 14.0. The van der Waals surface area contributed by atoms with Crippen molar-refractivity contribution in [2.75, 3.05) is 0 Å². The minimum Gasteiger partial charge on any atom is -0.327 e. The van der Waals surface area contributed by atoms with E-state index in [1.54, 1.807) is 60.7 Å². The van der Waals surface area contributed by atoms with Crippen LogP contribution in [-0.2, 0) is 35.8 Å². The molecule has 1 saturated carbocycles. The van der Waals surface area contributed by atoms with Crippen molar-refractivity contribution in [1.82, 2.24) is 4.90 Å². The molecule has 2 heterocycles. The van der Waals surface area contributed by atoms with Crippen LogP contribution in [0.5, 0.6) is 0 Å². The number of benzene rings is 3. The number of amides is 1. The molecule has 3 fully saturated rings. The number of nitrogens with zero attached hydrogens (tertiary/aromatic N) is 1. The number of sulfone groups is 2. The molecule has 0 radical (unpaired) electrons. The predicted molar refractivity (Wildman–Crippen MR) is 129 cm³/mol. The van der Waals surface area contributed by atoms with Gasteiger partial charge in [0.25, 0.3) is 0 Å². The molecule has 3 aromatic carbocycles. The summed E-state index contributed by atoms with van der Waals surface area (Å²) in [5, 5.41) is -3.19. The van der Waals surface area contributed by atoms with Gasteiger partial charge in [-0.25, -0.2) is 16.8 Å². The summed E-state index contributed by atoms with van der Waals surface area (Å²) >= 11 is 0. The standard InChI is InChI=1S/C26H23NO6S2/c28-22-16-21-24(34(30,31)19-12-6-2-7-13-19)25(35(32,33)20-14-8-3-9-15-20)23(22)27(26(21)29)17-18-10-4-1-5-11-18/h1-15,21,23-25H,16-17H2/t21-,23-,24+,25+/m0/s1. The molecular formula is C26H23NO6S2. The van der Waals surface area contributed by atoms with E-state index in [-0.39, 0.29) is 22.8 Å². The summed E-state index contributed by atoms with van der Waals surface area (Å²) in [6.07, 6.45) is -0.299. The number of fused-ring (bicyclic) bond motifs is 3. The van der Waals surface area contributed by atoms with Crippen LogP contribution in [0.3, 0.4) is 0 Å². The maximum atomic E-state index is 14.0. The normalized spacial score (nSPS) is 24.5. The monoisotopic (exact) mass is 509 g/mol. The first-order valence-corrected chi connectivity index (χ1v) is 14.3. The van der Waals surface area contributed by atoms with Gasteiger partial charge in [0.15, 0.2) is 25.5 Å². The lowest BCUT2D eigenvalue weighted by molar-refractivity contribution is -0.155. The maximum Gasteiger partial charge on any atom is 0.228 e. The largest absolute Gasteiger partial charge is 0.327 e. The van der Waals surface area contributed by atoms with Gasteiger partial charge in [-0.3, -0.25) is 9.59 Å². The van der Waals surface area contributed by atoms with Gasteiger partial charge < -0.3 is 4.90 Å². The molecule has 35 heavy (non-hydrogen) atoms. The van der Waals surface area contributed by atoms with Gasteiger partial charge in [-0.05, 0) is 29.8 Å². The van der Waals surface area contributed by atoms with E-state index in [9.17, 15) is 26.4 Å². The van der Waals surface area contributed by atoms with Crippen LogP contribution in [0.25, 0.3) is 0 Å². The fourth-order valence-electron chi connectivity index (χ4n) is 5.20. The summed E-state index contributed by atoms with van der Waals surface area (Å²) in [6.45, 7) is 0.0193. The molecule has 4 atom stereocenters. The lowest BCUT2D eigenvalue weighted by Gasteiger charge is -2.51. The van der Waals surface area contributed by atoms with Crippen LogP contribution in [0.2, 0.25) is 0 Å². The molecule has 1 aliphatic carbocycles. The number of rotatable bonds is 6. The van der Waals surface area contributed by atoms with Gasteiger partial charge in [0.2, 0.25) is 5.91 Å². The van der Waals surface area contributed by atoms with Crippen LogP contribution in [0.15, 0.2) is 101 Å². The number of piperidine rings is 2. The van der Waals surface area contributed by atoms with Gasteiger partial charge in [0, 0.05) is 13.0 Å². The Morgan fingerprint density at radius 3 is 1.63 bits per heavy atom. The second kappa shape index (κ2) is 8.73. The van der Waals surface area contributed by atoms with Crippen molar-refractivity contribution in [2.45, 2.75) is 39.3 Å². The van der Waals surface area contributed by atoms with E-state index in [1.807, 2.05) is 6.07 Å². The first kappa shape index (κ1) is 23.4. The molecule has 1 amide bonds. The third-order valence-electron chi connectivity index (χ3n) is 6.77. The Morgan fingerprint density at radius 1 is 0.657 bits per heavy atom. The predicted octanol–water partition coefficient (Wildman–Crippen LogP) is 2.67. The minimum atomic E-state index is -4.31. The highest BCUT2D eigenvalue weighted by Gasteiger charge is 2.64. The zero-order valence-electron chi connectivity index (χ0n) is 18.6. The van der Waals surface area contributed by atoms with Gasteiger partial charge >= 0.3 is 0 Å². The summed E-state index contributed by atoms with van der Waals surface area (Å²) < 4.78 is 55.6. The van der Waals surface area contributed by atoms with Crippen molar-refractivity contribution >= 4 is 31.4 Å². The van der Waals surface area contributed by atoms with E-state index < -0.39 is 53.8 Å². The molecule has 2 saturated heterocycles. The van der Waals surface area contributed by atoms with Crippen molar-refractivity contribution in [3.8, 4) is 0 Å². The Kier molecular flexibility index (Phi) is 5.85. The molecule has 6 rings (SSSR count). The molecule has 0 spiro atoms. The van der Waals surface area contributed by atoms with Gasteiger partial charge in [0.1, 0.15) is 11.3 Å². The van der Waals surface area contributed by atoms with E-state index in [0.717, 1.165) is 5.56 Å². The van der Waals surface area contributed by atoms with Crippen molar-refractivity contribution in [2.24, 2.45) is 5.92 Å². The van der Waals surface area contributed by atoms with Gasteiger partial charge in [-0.15, -0.1) is 0 Å². The Bertz CT molecular complexity index is 1470. The van der Waals surface area contributed by atoms with Crippen LogP contribution in [0.1, 0.15) is 12.0 Å². The zero-order chi connectivity index (χ0) is 24.8. The van der Waals surface area contributed by atoms with E-state index in [2.05, 4.69) is 0 Å². The van der Waals surface area contributed by atoms with Crippen LogP contribution in [0, 0.1) is 5.92 Å². The topological polar surface area (TPSA) is 106 Å². The van der Waals surface area contributed by atoms with Crippen LogP contribution < -0.4 is 0 Å². The average molecular weight is 510 g/mol. The smallest absolute Gasteiger partial charge is 0.228 e. The van der Waals surface area contributed by atoms with Crippen LogP contribution in [-0.4, -0.2) is 50.0 Å². The molecule has 3 aromatic rings. The average Bonchev–Trinajstić information content (AvgIpc) is 2.87. The third-order valence-corrected chi connectivity index (χ3v) is 11.4. The highest BCUT2D eigenvalue weighted by molar-refractivity contribution is 7.96. The summed E-state index contributed by atoms with van der Waals surface area (Å²) in [5.74, 6) is -2.23. The lowest BCUT2D eigenvalue weighted by Crippen LogP contribution is -2.72. The fraction of sp³-hybridized carbons (Fsp3) is 0.231. The summed E-state index contributed by atoms with van der Waals surface area (Å²) in [6, 6.07) is 22.6. The molecule has 2 bridgehead atoms. The quantitative estimate of drug-likeness (QED) is 0.506. The Morgan fingerprint density at radius 2 is 1.11 bits per heavy atom. The molecule has 0 N–H and O–H groups in total. The zero-order valence-corrected chi connectivity index (χ0v) is 20.2. The summed E-state index contributed by atoms with van der Waals surface area (Å²) in [5.41, 5.74) is 0.722. The SMILES string of the molecule is O=C1C[C@@H]2C(=O)N(Cc3ccccc3)[C@@H]1[C@@H](S(=O)(=O)c1ccccc1)[C@@H]2S(=O)(=O)c1ccccc1. The number of carbonyl (C=O) groups is 2. The molecule has 0 aromatic heterocycles. The van der Waals surface area contributed by atoms with Gasteiger partial charge in [-0.2, -0.15) is 0 Å². The number of Topliss-reactive ketones (excluding diaryl/α,β-unsaturated/α-hetero) is 1. The molecule has 0 unspecified atom stereocenters. The van der Waals surface area contributed by atoms with E-state index in [1.165, 1.54) is 29.2 Å². The lowest BCUT2D eigenvalue weighted by atomic mass is 9.77. The molecule has 2 aliphatic heterocycles. The molecule has 9 heteroatoms. The Hall–Kier alpha value is -3.30. The number of hydrogen-bond donors (Lipinski definition) is 0. The second-order valence-corrected chi connectivity index (χ2v) is 13.0. The van der Waals surface area contributed by atoms with Crippen LogP contribution >= 0.6 is 0 Å². The Labute approximate surface area is 204 Å². The summed E-state index contributed by atoms with van der Waals surface area (Å²) in [7, 11) is -8.57. The molecule has 180 valence electrons. The first-order valence-electron chi connectivity index (χ1n) is 11.2. The van der Waals surface area contributed by atoms with Gasteiger partial charge in [0.05, 0.1) is 21.0 Å². The molecule has 7 nitrogen and oxygen atoms in total. The second-order valence-electron chi connectivity index (χ2n) is 8.82. The minimum absolute atomic E-state index is 0.0193. The Balaban J connectivity index is 1.69. The number of hydrogen-bond acceptors (Lipinski definition) is 6. The fourth-order valence-corrected chi connectivity index (χ4v) is 10.1. The van der Waals surface area contributed by atoms with Gasteiger partial charge in [-0.1, -0.05) is 66.7 Å². The van der Waals surface area contributed by atoms with E-state index in [0.29, 0.717) is 0 Å². The first-order chi connectivity index (χ1) is 16.7. The molecular weight excluding hydrogens is 486 g/mol. The van der Waals surface area contributed by atoms with Crippen molar-refractivity contribution in [1.29, 1.82) is 0 Å². The van der Waals surface area contributed by atoms with Crippen LogP contribution in [0.4, 0.5) is 0 Å². The van der Waals surface area contributed by atoms with Crippen molar-refractivity contribution in [3.05, 3.63) is 96.6 Å². The van der Waals surface area contributed by atoms with Crippen molar-refractivity contribution in [3.63, 3.8) is 0 Å². The highest BCUT2D eigenvalue weighted by atomic mass is 32.2. The number of carbonyl (C=O) groups excluding carboxylic acids is 2. The third kappa shape index (κ3) is 3.88. The van der Waals surface area contributed by atoms with E-state index in [4.69, 9.17) is 0 Å². The summed E-state index contributed by atoms with van der Waals surface area (Å²) in [4.78, 5) is 27.9. The van der Waals surface area contributed by atoms with E-state index >= 15 is 0 Å².